The Balaban J connectivity index is 2.10. The molecule has 1 amide bonds. The molecule has 0 radical (unpaired) electrons. The first-order chi connectivity index (χ1) is 11.9. The lowest BCUT2D eigenvalue weighted by molar-refractivity contribution is -0.149. The van der Waals surface area contributed by atoms with Gasteiger partial charge in [0.05, 0.1) is 5.94 Å². The van der Waals surface area contributed by atoms with Gasteiger partial charge in [-0.1, -0.05) is 19.1 Å². The lowest BCUT2D eigenvalue weighted by atomic mass is 9.72. The molecule has 0 saturated carbocycles. The van der Waals surface area contributed by atoms with Crippen molar-refractivity contribution in [2.24, 2.45) is 0 Å². The van der Waals surface area contributed by atoms with Gasteiger partial charge in [0.25, 0.3) is 0 Å². The standard InChI is InChI=1S/C16H20BNO7/c1-3-5-14(20)18-13-8-11-6-4-7-12(15(11)25-17(13)22)16(21)24-9-23-10(2)19/h4,6-7,13,22H,3,5,8-9H2,1-2H3,(H,18,20)/t13-/m0/s1. The molecule has 0 aromatic heterocycles. The van der Waals surface area contributed by atoms with Crippen LogP contribution in [0.5, 0.6) is 5.75 Å². The Kier molecular flexibility index (Phi) is 6.41. The van der Waals surface area contributed by atoms with E-state index in [9.17, 15) is 19.4 Å². The minimum atomic E-state index is -1.28. The molecule has 1 aromatic rings. The van der Waals surface area contributed by atoms with Crippen molar-refractivity contribution in [2.75, 3.05) is 6.79 Å². The van der Waals surface area contributed by atoms with E-state index in [0.29, 0.717) is 24.8 Å². The molecule has 1 aliphatic rings. The normalized spacial score (nSPS) is 15.6. The summed E-state index contributed by atoms with van der Waals surface area (Å²) in [6, 6.07) is 4.87. The quantitative estimate of drug-likeness (QED) is 0.440. The lowest BCUT2D eigenvalue weighted by Gasteiger charge is -2.29. The molecule has 0 saturated heterocycles. The molecule has 0 unspecified atom stereocenters. The van der Waals surface area contributed by atoms with Crippen LogP contribution in [0.15, 0.2) is 18.2 Å². The molecule has 0 fully saturated rings. The Morgan fingerprint density at radius 2 is 2.12 bits per heavy atom. The van der Waals surface area contributed by atoms with E-state index in [0.717, 1.165) is 0 Å². The summed E-state index contributed by atoms with van der Waals surface area (Å²) in [5.41, 5.74) is 0.774. The molecule has 134 valence electrons. The average molecular weight is 349 g/mol. The largest absolute Gasteiger partial charge is 0.547 e. The summed E-state index contributed by atoms with van der Waals surface area (Å²) in [6.07, 6.45) is 1.38. The van der Waals surface area contributed by atoms with E-state index >= 15 is 0 Å². The van der Waals surface area contributed by atoms with Crippen molar-refractivity contribution in [3.63, 3.8) is 0 Å². The van der Waals surface area contributed by atoms with Crippen LogP contribution in [0, 0.1) is 0 Å². The molecule has 1 atom stereocenters. The lowest BCUT2D eigenvalue weighted by Crippen LogP contribution is -2.53. The van der Waals surface area contributed by atoms with E-state index in [-0.39, 0.29) is 17.2 Å². The first kappa shape index (κ1) is 18.8. The maximum atomic E-state index is 12.1. The van der Waals surface area contributed by atoms with Gasteiger partial charge in [0.1, 0.15) is 11.3 Å². The number of hydrogen-bond donors (Lipinski definition) is 2. The molecule has 0 bridgehead atoms. The van der Waals surface area contributed by atoms with Gasteiger partial charge >= 0.3 is 19.1 Å². The maximum absolute atomic E-state index is 12.1. The zero-order valence-corrected chi connectivity index (χ0v) is 14.1. The van der Waals surface area contributed by atoms with Gasteiger partial charge in [-0.3, -0.25) is 9.59 Å². The Morgan fingerprint density at radius 3 is 2.80 bits per heavy atom. The molecule has 0 spiro atoms. The zero-order valence-electron chi connectivity index (χ0n) is 14.1. The zero-order chi connectivity index (χ0) is 18.4. The third kappa shape index (κ3) is 4.96. The van der Waals surface area contributed by atoms with Gasteiger partial charge in [-0.05, 0) is 24.5 Å². The van der Waals surface area contributed by atoms with Crippen molar-refractivity contribution in [3.8, 4) is 5.75 Å². The van der Waals surface area contributed by atoms with E-state index in [2.05, 4.69) is 10.1 Å². The van der Waals surface area contributed by atoms with Crippen molar-refractivity contribution in [1.82, 2.24) is 5.32 Å². The minimum absolute atomic E-state index is 0.113. The topological polar surface area (TPSA) is 111 Å². The summed E-state index contributed by atoms with van der Waals surface area (Å²) in [5.74, 6) is -1.88. The van der Waals surface area contributed by atoms with Gasteiger partial charge in [-0.25, -0.2) is 4.79 Å². The van der Waals surface area contributed by atoms with Crippen molar-refractivity contribution in [1.29, 1.82) is 0 Å². The number of carbonyl (C=O) groups excluding carboxylic acids is 3. The fourth-order valence-corrected chi connectivity index (χ4v) is 2.46. The molecular formula is C16H20BNO7. The molecule has 1 heterocycles. The van der Waals surface area contributed by atoms with E-state index in [4.69, 9.17) is 9.39 Å². The van der Waals surface area contributed by atoms with Gasteiger partial charge in [0, 0.05) is 13.3 Å². The maximum Gasteiger partial charge on any atom is 0.547 e. The summed E-state index contributed by atoms with van der Waals surface area (Å²) < 4.78 is 14.8. The number of rotatable bonds is 6. The molecular weight excluding hydrogens is 329 g/mol. The fourth-order valence-electron chi connectivity index (χ4n) is 2.46. The average Bonchev–Trinajstić information content (AvgIpc) is 2.54. The van der Waals surface area contributed by atoms with E-state index < -0.39 is 31.8 Å². The van der Waals surface area contributed by atoms with Crippen LogP contribution in [0.2, 0.25) is 0 Å². The minimum Gasteiger partial charge on any atom is -0.534 e. The number of nitrogens with one attached hydrogen (secondary N) is 1. The highest BCUT2D eigenvalue weighted by atomic mass is 16.7. The third-order valence-corrected chi connectivity index (χ3v) is 3.61. The number of fused-ring (bicyclic) bond motifs is 1. The number of benzene rings is 1. The number of hydrogen-bond acceptors (Lipinski definition) is 7. The predicted octanol–water partition coefficient (Wildman–Crippen LogP) is 0.603. The highest BCUT2D eigenvalue weighted by molar-refractivity contribution is 6.47. The Morgan fingerprint density at radius 1 is 1.36 bits per heavy atom. The van der Waals surface area contributed by atoms with Crippen LogP contribution in [0.1, 0.15) is 42.6 Å². The summed E-state index contributed by atoms with van der Waals surface area (Å²) in [6.45, 7) is 2.58. The number of ether oxygens (including phenoxy) is 2. The highest BCUT2D eigenvalue weighted by Crippen LogP contribution is 2.30. The number of carbonyl (C=O) groups is 3. The molecule has 1 aromatic carbocycles. The number of para-hydroxylation sites is 1. The summed E-state index contributed by atoms with van der Waals surface area (Å²) in [4.78, 5) is 34.5. The van der Waals surface area contributed by atoms with Gasteiger partial charge < -0.3 is 24.5 Å². The molecule has 9 heteroatoms. The summed E-state index contributed by atoms with van der Waals surface area (Å²) in [5, 5.41) is 12.8. The van der Waals surface area contributed by atoms with Crippen LogP contribution in [0.25, 0.3) is 0 Å². The van der Waals surface area contributed by atoms with Crippen LogP contribution >= 0.6 is 0 Å². The fraction of sp³-hybridized carbons (Fsp3) is 0.438. The second-order valence-electron chi connectivity index (χ2n) is 5.62. The van der Waals surface area contributed by atoms with Crippen molar-refractivity contribution in [2.45, 2.75) is 39.1 Å². The van der Waals surface area contributed by atoms with Crippen LogP contribution in [0.4, 0.5) is 0 Å². The Hall–Kier alpha value is -2.55. The molecule has 1 aliphatic heterocycles. The number of amides is 1. The van der Waals surface area contributed by atoms with Gasteiger partial charge in [-0.15, -0.1) is 0 Å². The Bertz CT molecular complexity index is 664. The first-order valence-corrected chi connectivity index (χ1v) is 7.98. The number of esters is 2. The van der Waals surface area contributed by atoms with Gasteiger partial charge in [0.15, 0.2) is 0 Å². The van der Waals surface area contributed by atoms with E-state index in [1.54, 1.807) is 12.1 Å². The molecule has 0 aliphatic carbocycles. The molecule has 8 nitrogen and oxygen atoms in total. The van der Waals surface area contributed by atoms with Gasteiger partial charge in [0.2, 0.25) is 12.7 Å². The van der Waals surface area contributed by atoms with Crippen molar-refractivity contribution < 1.29 is 33.5 Å². The first-order valence-electron chi connectivity index (χ1n) is 7.98. The van der Waals surface area contributed by atoms with Gasteiger partial charge in [-0.2, -0.15) is 0 Å². The summed E-state index contributed by atoms with van der Waals surface area (Å²) >= 11 is 0. The molecule has 25 heavy (non-hydrogen) atoms. The van der Waals surface area contributed by atoms with Crippen LogP contribution < -0.4 is 9.97 Å². The van der Waals surface area contributed by atoms with E-state index in [1.807, 2.05) is 6.92 Å². The summed E-state index contributed by atoms with van der Waals surface area (Å²) in [7, 11) is -1.28. The third-order valence-electron chi connectivity index (χ3n) is 3.61. The molecule has 2 N–H and O–H groups in total. The SMILES string of the molecule is CCCC(=O)N[C@H]1Cc2cccc(C(=O)OCOC(C)=O)c2OB1O. The van der Waals surface area contributed by atoms with Crippen LogP contribution in [0.3, 0.4) is 0 Å². The van der Waals surface area contributed by atoms with Crippen molar-refractivity contribution >= 4 is 25.0 Å². The predicted molar refractivity (Wildman–Crippen MR) is 87.6 cm³/mol. The smallest absolute Gasteiger partial charge is 0.534 e. The molecule has 2 rings (SSSR count). The van der Waals surface area contributed by atoms with Crippen LogP contribution in [-0.4, -0.2) is 42.7 Å². The highest BCUT2D eigenvalue weighted by Gasteiger charge is 2.37. The second-order valence-corrected chi connectivity index (χ2v) is 5.62. The van der Waals surface area contributed by atoms with Crippen LogP contribution in [-0.2, 0) is 25.5 Å². The monoisotopic (exact) mass is 349 g/mol. The second kappa shape index (κ2) is 8.52. The van der Waals surface area contributed by atoms with E-state index in [1.165, 1.54) is 13.0 Å². The Labute approximate surface area is 145 Å². The van der Waals surface area contributed by atoms with Crippen molar-refractivity contribution in [3.05, 3.63) is 29.3 Å².